The molecule has 2 aromatic heterocycles. The van der Waals surface area contributed by atoms with E-state index in [-0.39, 0.29) is 12.5 Å². The van der Waals surface area contributed by atoms with Gasteiger partial charge in [0.25, 0.3) is 5.91 Å². The highest BCUT2D eigenvalue weighted by atomic mass is 32.1. The summed E-state index contributed by atoms with van der Waals surface area (Å²) >= 11 is 1.24. The van der Waals surface area contributed by atoms with Crippen LogP contribution in [0.3, 0.4) is 0 Å². The van der Waals surface area contributed by atoms with Crippen molar-refractivity contribution in [2.75, 3.05) is 0 Å². The van der Waals surface area contributed by atoms with Gasteiger partial charge in [-0.05, 0) is 31.6 Å². The third-order valence-corrected chi connectivity index (χ3v) is 3.86. The Labute approximate surface area is 125 Å². The van der Waals surface area contributed by atoms with Gasteiger partial charge in [-0.2, -0.15) is 0 Å². The fraction of sp³-hybridized carbons (Fsp3) is 0.214. The maximum atomic E-state index is 12.0. The molecule has 0 aliphatic heterocycles. The smallest absolute Gasteiger partial charge is 0.328 e. The highest BCUT2D eigenvalue weighted by Gasteiger charge is 2.12. The molecule has 1 amide bonds. The Morgan fingerprint density at radius 3 is 2.81 bits per heavy atom. The van der Waals surface area contributed by atoms with Gasteiger partial charge < -0.3 is 14.9 Å². The second kappa shape index (κ2) is 6.36. The number of carbonyl (C=O) groups excluding carboxylic acids is 1. The van der Waals surface area contributed by atoms with E-state index in [9.17, 15) is 9.59 Å². The van der Waals surface area contributed by atoms with Crippen LogP contribution >= 0.6 is 11.3 Å². The first-order valence-corrected chi connectivity index (χ1v) is 6.99. The molecule has 0 saturated carbocycles. The van der Waals surface area contributed by atoms with E-state index in [4.69, 9.17) is 9.63 Å². The Hall–Kier alpha value is -2.41. The zero-order chi connectivity index (χ0) is 15.4. The monoisotopic (exact) mass is 306 g/mol. The number of hydrogen-bond donors (Lipinski definition) is 2. The van der Waals surface area contributed by atoms with Gasteiger partial charge in [0, 0.05) is 17.0 Å². The number of nitrogens with one attached hydrogen (secondary N) is 1. The van der Waals surface area contributed by atoms with Gasteiger partial charge in [-0.1, -0.05) is 5.16 Å². The van der Waals surface area contributed by atoms with Gasteiger partial charge in [-0.15, -0.1) is 11.3 Å². The van der Waals surface area contributed by atoms with Crippen molar-refractivity contribution in [1.29, 1.82) is 0 Å². The molecule has 2 heterocycles. The average Bonchev–Trinajstić information content (AvgIpc) is 3.00. The van der Waals surface area contributed by atoms with Crippen molar-refractivity contribution in [1.82, 2.24) is 10.5 Å². The van der Waals surface area contributed by atoms with Gasteiger partial charge in [-0.3, -0.25) is 4.79 Å². The molecule has 21 heavy (non-hydrogen) atoms. The zero-order valence-corrected chi connectivity index (χ0v) is 12.4. The standard InChI is InChI=1S/C14H14N2O4S/c1-8-5-12(21-11(8)3-4-13(17)18)14(19)15-7-10-6-9(2)16-20-10/h3-6H,7H2,1-2H3,(H,15,19)(H,17,18)/b4-3+. The van der Waals surface area contributed by atoms with Gasteiger partial charge in [-0.25, -0.2) is 4.79 Å². The lowest BCUT2D eigenvalue weighted by Gasteiger charge is -1.99. The Morgan fingerprint density at radius 1 is 1.43 bits per heavy atom. The molecule has 0 fully saturated rings. The minimum Gasteiger partial charge on any atom is -0.478 e. The number of carboxylic acid groups (broad SMARTS) is 1. The summed E-state index contributed by atoms with van der Waals surface area (Å²) in [5.41, 5.74) is 1.62. The molecule has 7 heteroatoms. The third-order valence-electron chi connectivity index (χ3n) is 2.66. The van der Waals surface area contributed by atoms with Crippen molar-refractivity contribution in [3.63, 3.8) is 0 Å². The summed E-state index contributed by atoms with van der Waals surface area (Å²) in [6.45, 7) is 3.89. The Balaban J connectivity index is 2.02. The minimum atomic E-state index is -1.02. The lowest BCUT2D eigenvalue weighted by molar-refractivity contribution is -0.131. The van der Waals surface area contributed by atoms with Gasteiger partial charge in [0.15, 0.2) is 5.76 Å². The highest BCUT2D eigenvalue weighted by Crippen LogP contribution is 2.23. The Bertz CT molecular complexity index is 700. The number of rotatable bonds is 5. The number of nitrogens with zero attached hydrogens (tertiary/aromatic N) is 1. The number of carbonyl (C=O) groups is 2. The number of aromatic nitrogens is 1. The molecule has 0 atom stereocenters. The van der Waals surface area contributed by atoms with E-state index in [0.717, 1.165) is 22.2 Å². The van der Waals surface area contributed by atoms with E-state index < -0.39 is 5.97 Å². The van der Waals surface area contributed by atoms with Crippen LogP contribution in [0.4, 0.5) is 0 Å². The number of hydrogen-bond acceptors (Lipinski definition) is 5. The average molecular weight is 306 g/mol. The van der Waals surface area contributed by atoms with Gasteiger partial charge in [0.05, 0.1) is 17.1 Å². The van der Waals surface area contributed by atoms with E-state index in [1.807, 2.05) is 6.92 Å². The lowest BCUT2D eigenvalue weighted by atomic mass is 10.2. The number of aliphatic carboxylic acids is 1. The van der Waals surface area contributed by atoms with Crippen molar-refractivity contribution >= 4 is 29.3 Å². The van der Waals surface area contributed by atoms with Gasteiger partial charge in [0.1, 0.15) is 0 Å². The van der Waals surface area contributed by atoms with Gasteiger partial charge >= 0.3 is 5.97 Å². The SMILES string of the molecule is Cc1cc(CNC(=O)c2cc(C)c(/C=C/C(=O)O)s2)on1. The van der Waals surface area contributed by atoms with E-state index in [1.54, 1.807) is 19.1 Å². The predicted octanol–water partition coefficient (Wildman–Crippen LogP) is 2.38. The second-order valence-corrected chi connectivity index (χ2v) is 5.53. The normalized spacial score (nSPS) is 11.0. The van der Waals surface area contributed by atoms with Crippen LogP contribution in [0.2, 0.25) is 0 Å². The highest BCUT2D eigenvalue weighted by molar-refractivity contribution is 7.15. The predicted molar refractivity (Wildman–Crippen MR) is 78.1 cm³/mol. The molecule has 0 saturated heterocycles. The molecule has 0 bridgehead atoms. The van der Waals surface area contributed by atoms with Crippen molar-refractivity contribution < 1.29 is 19.2 Å². The Morgan fingerprint density at radius 2 is 2.19 bits per heavy atom. The minimum absolute atomic E-state index is 0.230. The quantitative estimate of drug-likeness (QED) is 0.827. The van der Waals surface area contributed by atoms with E-state index in [1.165, 1.54) is 17.4 Å². The van der Waals surface area contributed by atoms with E-state index in [0.29, 0.717) is 10.6 Å². The van der Waals surface area contributed by atoms with Crippen LogP contribution in [0.25, 0.3) is 6.08 Å². The molecule has 110 valence electrons. The number of amides is 1. The van der Waals surface area contributed by atoms with Crippen LogP contribution in [-0.4, -0.2) is 22.1 Å². The molecule has 6 nitrogen and oxygen atoms in total. The van der Waals surface area contributed by atoms with Crippen LogP contribution in [0.15, 0.2) is 22.7 Å². The van der Waals surface area contributed by atoms with Crippen LogP contribution in [0.1, 0.15) is 31.6 Å². The summed E-state index contributed by atoms with van der Waals surface area (Å²) in [5, 5.41) is 15.1. The maximum absolute atomic E-state index is 12.0. The van der Waals surface area contributed by atoms with Gasteiger partial charge in [0.2, 0.25) is 0 Å². The first-order chi connectivity index (χ1) is 9.95. The lowest BCUT2D eigenvalue weighted by Crippen LogP contribution is -2.21. The number of carboxylic acids is 1. The molecule has 0 aliphatic carbocycles. The fourth-order valence-electron chi connectivity index (χ4n) is 1.67. The second-order valence-electron chi connectivity index (χ2n) is 4.45. The largest absolute Gasteiger partial charge is 0.478 e. The first kappa shape index (κ1) is 15.0. The van der Waals surface area contributed by atoms with E-state index in [2.05, 4.69) is 10.5 Å². The number of aryl methyl sites for hydroxylation is 2. The third kappa shape index (κ3) is 4.03. The molecule has 2 aromatic rings. The molecule has 0 spiro atoms. The van der Waals surface area contributed by atoms with E-state index >= 15 is 0 Å². The Kier molecular flexibility index (Phi) is 4.54. The molecule has 0 aliphatic rings. The molecule has 2 rings (SSSR count). The molecule has 0 aromatic carbocycles. The van der Waals surface area contributed by atoms with Crippen molar-refractivity contribution in [2.24, 2.45) is 0 Å². The van der Waals surface area contributed by atoms with Crippen LogP contribution in [-0.2, 0) is 11.3 Å². The summed E-state index contributed by atoms with van der Waals surface area (Å²) in [6, 6.07) is 3.48. The molecule has 0 unspecified atom stereocenters. The summed E-state index contributed by atoms with van der Waals surface area (Å²) < 4.78 is 5.01. The molecular formula is C14H14N2O4S. The zero-order valence-electron chi connectivity index (χ0n) is 11.5. The molecule has 0 radical (unpaired) electrons. The van der Waals surface area contributed by atoms with Crippen LogP contribution in [0.5, 0.6) is 0 Å². The fourth-order valence-corrected chi connectivity index (χ4v) is 2.67. The molecule has 2 N–H and O–H groups in total. The summed E-state index contributed by atoms with van der Waals surface area (Å²) in [6.07, 6.45) is 2.54. The summed E-state index contributed by atoms with van der Waals surface area (Å²) in [5.74, 6) is -0.665. The van der Waals surface area contributed by atoms with Crippen molar-refractivity contribution in [3.05, 3.63) is 45.0 Å². The summed E-state index contributed by atoms with van der Waals surface area (Å²) in [7, 11) is 0. The van der Waals surface area contributed by atoms with Crippen LogP contribution < -0.4 is 5.32 Å². The first-order valence-electron chi connectivity index (χ1n) is 6.17. The number of thiophene rings is 1. The van der Waals surface area contributed by atoms with Crippen molar-refractivity contribution in [3.8, 4) is 0 Å². The topological polar surface area (TPSA) is 92.4 Å². The summed E-state index contributed by atoms with van der Waals surface area (Å²) in [4.78, 5) is 23.8. The van der Waals surface area contributed by atoms with Crippen molar-refractivity contribution in [2.45, 2.75) is 20.4 Å². The molecular weight excluding hydrogens is 292 g/mol. The maximum Gasteiger partial charge on any atom is 0.328 e. The van der Waals surface area contributed by atoms with Crippen LogP contribution in [0, 0.1) is 13.8 Å².